The van der Waals surface area contributed by atoms with Crippen LogP contribution in [-0.2, 0) is 4.79 Å². The molecule has 0 saturated heterocycles. The van der Waals surface area contributed by atoms with Gasteiger partial charge in [0.2, 0.25) is 0 Å². The second-order valence-corrected chi connectivity index (χ2v) is 7.05. The van der Waals surface area contributed by atoms with Gasteiger partial charge in [-0.2, -0.15) is 4.68 Å². The minimum Gasteiger partial charge on any atom is -0.300 e. The predicted molar refractivity (Wildman–Crippen MR) is 93.2 cm³/mol. The third-order valence-corrected chi connectivity index (χ3v) is 4.43. The van der Waals surface area contributed by atoms with Crippen LogP contribution in [0.25, 0.3) is 10.9 Å². The lowest BCUT2D eigenvalue weighted by Gasteiger charge is -2.20. The van der Waals surface area contributed by atoms with Gasteiger partial charge in [-0.1, -0.05) is 31.2 Å². The summed E-state index contributed by atoms with van der Waals surface area (Å²) in [4.78, 5) is 30.5. The number of benzene rings is 1. The fourth-order valence-electron chi connectivity index (χ4n) is 2.47. The van der Waals surface area contributed by atoms with E-state index in [1.54, 1.807) is 30.5 Å². The Balaban J connectivity index is 2.00. The van der Waals surface area contributed by atoms with Gasteiger partial charge in [0.25, 0.3) is 11.5 Å². The van der Waals surface area contributed by atoms with Crippen LogP contribution < -0.4 is 10.9 Å². The average molecular weight is 343 g/mol. The molecule has 3 aromatic rings. The number of rotatable bonds is 4. The molecule has 0 spiro atoms. The van der Waals surface area contributed by atoms with Crippen LogP contribution in [0.3, 0.4) is 0 Å². The molecular formula is C16H17N5O2S. The molecule has 0 radical (unpaired) electrons. The van der Waals surface area contributed by atoms with E-state index >= 15 is 0 Å². The molecule has 0 saturated carbocycles. The number of carbonyl (C=O) groups is 1. The number of fused-ring (bicyclic) bond motifs is 1. The Bertz CT molecular complexity index is 947. The average Bonchev–Trinajstić information content (AvgIpc) is 2.95. The summed E-state index contributed by atoms with van der Waals surface area (Å²) in [7, 11) is 0. The van der Waals surface area contributed by atoms with E-state index in [-0.39, 0.29) is 17.4 Å². The van der Waals surface area contributed by atoms with Gasteiger partial charge in [0.1, 0.15) is 11.6 Å². The summed E-state index contributed by atoms with van der Waals surface area (Å²) < 4.78 is 1.16. The second kappa shape index (κ2) is 6.48. The number of nitrogens with one attached hydrogen (secondary N) is 1. The molecule has 7 nitrogen and oxygen atoms in total. The van der Waals surface area contributed by atoms with Crippen molar-refractivity contribution >= 4 is 33.3 Å². The third-order valence-electron chi connectivity index (χ3n) is 3.61. The zero-order valence-corrected chi connectivity index (χ0v) is 14.4. The number of carbonyl (C=O) groups excluding carboxylic acids is 1. The van der Waals surface area contributed by atoms with E-state index in [0.717, 1.165) is 9.56 Å². The minimum atomic E-state index is -0.765. The van der Waals surface area contributed by atoms with Crippen molar-refractivity contribution in [3.63, 3.8) is 0 Å². The highest BCUT2D eigenvalue weighted by Crippen LogP contribution is 2.21. The van der Waals surface area contributed by atoms with Crippen molar-refractivity contribution in [2.45, 2.75) is 26.8 Å². The van der Waals surface area contributed by atoms with Crippen LogP contribution in [0.2, 0.25) is 0 Å². The molecule has 8 heteroatoms. The van der Waals surface area contributed by atoms with Crippen LogP contribution in [0, 0.1) is 12.8 Å². The fraction of sp³-hybridized carbons (Fsp3) is 0.312. The minimum absolute atomic E-state index is 0.140. The van der Waals surface area contributed by atoms with E-state index in [9.17, 15) is 9.59 Å². The molecule has 24 heavy (non-hydrogen) atoms. The lowest BCUT2D eigenvalue weighted by Crippen LogP contribution is -2.38. The monoisotopic (exact) mass is 343 g/mol. The van der Waals surface area contributed by atoms with Crippen molar-refractivity contribution in [1.82, 2.24) is 20.0 Å². The van der Waals surface area contributed by atoms with Crippen molar-refractivity contribution in [2.75, 3.05) is 5.32 Å². The lowest BCUT2D eigenvalue weighted by atomic mass is 10.0. The standard InChI is InChI=1S/C16H17N5O2S/c1-9(2)13(14(22)18-16-17-8-10(3)24-16)21-15(23)11-6-4-5-7-12(11)19-20-21/h4-9,13H,1-3H3,(H,17,18,22). The van der Waals surface area contributed by atoms with Gasteiger partial charge in [-0.05, 0) is 25.0 Å². The molecule has 0 bridgehead atoms. The first-order chi connectivity index (χ1) is 11.5. The molecule has 0 aliphatic heterocycles. The summed E-state index contributed by atoms with van der Waals surface area (Å²) in [5, 5.41) is 11.7. The Morgan fingerprint density at radius 3 is 2.71 bits per heavy atom. The Hall–Kier alpha value is -2.61. The van der Waals surface area contributed by atoms with E-state index in [1.165, 1.54) is 11.3 Å². The fourth-order valence-corrected chi connectivity index (χ4v) is 3.14. The molecule has 2 aromatic heterocycles. The zero-order chi connectivity index (χ0) is 17.3. The van der Waals surface area contributed by atoms with Crippen LogP contribution in [-0.4, -0.2) is 25.9 Å². The highest BCUT2D eigenvalue weighted by molar-refractivity contribution is 7.15. The molecular weight excluding hydrogens is 326 g/mol. The summed E-state index contributed by atoms with van der Waals surface area (Å²) in [6.45, 7) is 5.63. The van der Waals surface area contributed by atoms with Gasteiger partial charge in [0, 0.05) is 11.1 Å². The van der Waals surface area contributed by atoms with Gasteiger partial charge in [0.15, 0.2) is 5.13 Å². The van der Waals surface area contributed by atoms with Crippen LogP contribution in [0.15, 0.2) is 35.3 Å². The van der Waals surface area contributed by atoms with Gasteiger partial charge in [-0.25, -0.2) is 4.98 Å². The van der Waals surface area contributed by atoms with Crippen LogP contribution in [0.4, 0.5) is 5.13 Å². The molecule has 0 aliphatic carbocycles. The Kier molecular flexibility index (Phi) is 4.39. The van der Waals surface area contributed by atoms with Crippen molar-refractivity contribution < 1.29 is 4.79 Å². The molecule has 124 valence electrons. The highest BCUT2D eigenvalue weighted by Gasteiger charge is 2.28. The zero-order valence-electron chi connectivity index (χ0n) is 13.6. The first-order valence-corrected chi connectivity index (χ1v) is 8.36. The topological polar surface area (TPSA) is 89.8 Å². The third kappa shape index (κ3) is 3.05. The van der Waals surface area contributed by atoms with Crippen LogP contribution >= 0.6 is 11.3 Å². The number of nitrogens with zero attached hydrogens (tertiary/aromatic N) is 4. The lowest BCUT2D eigenvalue weighted by molar-refractivity contribution is -0.120. The first-order valence-electron chi connectivity index (χ1n) is 7.55. The number of thiazole rings is 1. The smallest absolute Gasteiger partial charge is 0.278 e. The molecule has 1 N–H and O–H groups in total. The number of hydrogen-bond acceptors (Lipinski definition) is 6. The highest BCUT2D eigenvalue weighted by atomic mass is 32.1. The predicted octanol–water partition coefficient (Wildman–Crippen LogP) is 2.39. The second-order valence-electron chi connectivity index (χ2n) is 5.81. The summed E-state index contributed by atoms with van der Waals surface area (Å²) in [5.41, 5.74) is 0.182. The normalized spacial score (nSPS) is 12.5. The van der Waals surface area contributed by atoms with E-state index in [2.05, 4.69) is 20.6 Å². The SMILES string of the molecule is Cc1cnc(NC(=O)C(C(C)C)n2nnc3ccccc3c2=O)s1. The maximum atomic E-state index is 12.7. The molecule has 2 heterocycles. The Labute approximate surface area is 142 Å². The number of aromatic nitrogens is 4. The van der Waals surface area contributed by atoms with E-state index in [0.29, 0.717) is 16.0 Å². The van der Waals surface area contributed by atoms with Crippen molar-refractivity contribution in [1.29, 1.82) is 0 Å². The largest absolute Gasteiger partial charge is 0.300 e. The van der Waals surface area contributed by atoms with Crippen LogP contribution in [0.1, 0.15) is 24.8 Å². The number of aryl methyl sites for hydroxylation is 1. The molecule has 0 fully saturated rings. The molecule has 1 aromatic carbocycles. The maximum Gasteiger partial charge on any atom is 0.278 e. The van der Waals surface area contributed by atoms with E-state index in [4.69, 9.17) is 0 Å². The summed E-state index contributed by atoms with van der Waals surface area (Å²) >= 11 is 1.38. The molecule has 1 unspecified atom stereocenters. The molecule has 3 rings (SSSR count). The Morgan fingerprint density at radius 1 is 1.29 bits per heavy atom. The summed E-state index contributed by atoms with van der Waals surface area (Å²) in [6, 6.07) is 6.19. The molecule has 1 atom stereocenters. The van der Waals surface area contributed by atoms with Gasteiger partial charge in [-0.3, -0.25) is 9.59 Å². The number of amides is 1. The summed E-state index contributed by atoms with van der Waals surface area (Å²) in [5.74, 6) is -0.467. The summed E-state index contributed by atoms with van der Waals surface area (Å²) in [6.07, 6.45) is 1.69. The number of hydrogen-bond donors (Lipinski definition) is 1. The van der Waals surface area contributed by atoms with Crippen LogP contribution in [0.5, 0.6) is 0 Å². The van der Waals surface area contributed by atoms with Gasteiger partial charge in [-0.15, -0.1) is 16.4 Å². The number of anilines is 1. The van der Waals surface area contributed by atoms with Gasteiger partial charge < -0.3 is 5.32 Å². The van der Waals surface area contributed by atoms with Gasteiger partial charge in [0.05, 0.1) is 5.39 Å². The van der Waals surface area contributed by atoms with E-state index < -0.39 is 6.04 Å². The van der Waals surface area contributed by atoms with E-state index in [1.807, 2.05) is 20.8 Å². The molecule has 0 aliphatic rings. The van der Waals surface area contributed by atoms with Crippen molar-refractivity contribution in [3.05, 3.63) is 45.7 Å². The van der Waals surface area contributed by atoms with Gasteiger partial charge >= 0.3 is 0 Å². The first kappa shape index (κ1) is 16.3. The maximum absolute atomic E-state index is 12.7. The quantitative estimate of drug-likeness (QED) is 0.785. The van der Waals surface area contributed by atoms with Crippen molar-refractivity contribution in [3.8, 4) is 0 Å². The molecule has 1 amide bonds. The van der Waals surface area contributed by atoms with Crippen molar-refractivity contribution in [2.24, 2.45) is 5.92 Å². The Morgan fingerprint density at radius 2 is 2.04 bits per heavy atom.